The fraction of sp³-hybridized carbons (Fsp3) is 0.448. The zero-order valence-corrected chi connectivity index (χ0v) is 21.6. The van der Waals surface area contributed by atoms with Crippen molar-refractivity contribution in [3.8, 4) is 11.5 Å². The lowest BCUT2D eigenvalue weighted by molar-refractivity contribution is -0.128. The first-order chi connectivity index (χ1) is 18.1. The summed E-state index contributed by atoms with van der Waals surface area (Å²) in [7, 11) is 5.22. The molecular weight excluding hydrogens is 466 g/mol. The Balaban J connectivity index is 1.28. The van der Waals surface area contributed by atoms with Crippen LogP contribution in [0.4, 0.5) is 5.82 Å². The van der Waals surface area contributed by atoms with E-state index in [0.29, 0.717) is 11.7 Å². The lowest BCUT2D eigenvalue weighted by Crippen LogP contribution is -2.42. The van der Waals surface area contributed by atoms with Crippen LogP contribution >= 0.6 is 0 Å². The maximum absolute atomic E-state index is 13.8. The van der Waals surface area contributed by atoms with E-state index >= 15 is 0 Å². The first-order valence-electron chi connectivity index (χ1n) is 13.1. The van der Waals surface area contributed by atoms with Gasteiger partial charge in [0.25, 0.3) is 0 Å². The van der Waals surface area contributed by atoms with Gasteiger partial charge in [-0.15, -0.1) is 0 Å². The Bertz CT molecular complexity index is 1390. The average Bonchev–Trinajstić information content (AvgIpc) is 3.34. The van der Waals surface area contributed by atoms with E-state index in [-0.39, 0.29) is 17.8 Å². The van der Waals surface area contributed by atoms with Crippen LogP contribution in [0.15, 0.2) is 49.0 Å². The predicted octanol–water partition coefficient (Wildman–Crippen LogP) is 4.46. The molecule has 3 aliphatic rings. The Morgan fingerprint density at radius 1 is 0.973 bits per heavy atom. The number of hydrogen-bond donors (Lipinski definition) is 0. The quantitative estimate of drug-likeness (QED) is 0.479. The van der Waals surface area contributed by atoms with E-state index in [1.165, 1.54) is 5.57 Å². The molecule has 0 radical (unpaired) electrons. The van der Waals surface area contributed by atoms with Gasteiger partial charge in [0.1, 0.15) is 17.9 Å². The fourth-order valence-electron chi connectivity index (χ4n) is 6.49. The van der Waals surface area contributed by atoms with Gasteiger partial charge in [-0.2, -0.15) is 5.10 Å². The Morgan fingerprint density at radius 2 is 1.73 bits per heavy atom. The number of carbonyl (C=O) groups excluding carboxylic acids is 1. The van der Waals surface area contributed by atoms with Crippen LogP contribution in [0.3, 0.4) is 0 Å². The van der Waals surface area contributed by atoms with Gasteiger partial charge in [-0.1, -0.05) is 24.3 Å². The molecule has 37 heavy (non-hydrogen) atoms. The highest BCUT2D eigenvalue weighted by molar-refractivity contribution is 5.93. The summed E-state index contributed by atoms with van der Waals surface area (Å²) in [6, 6.07) is 6.13. The van der Waals surface area contributed by atoms with Crippen molar-refractivity contribution in [3.63, 3.8) is 0 Å². The summed E-state index contributed by atoms with van der Waals surface area (Å²) in [5.74, 6) is 3.29. The van der Waals surface area contributed by atoms with Crippen molar-refractivity contribution in [1.29, 1.82) is 0 Å². The number of aromatic nitrogens is 4. The van der Waals surface area contributed by atoms with Gasteiger partial charge in [0.2, 0.25) is 0 Å². The van der Waals surface area contributed by atoms with Crippen molar-refractivity contribution in [3.05, 3.63) is 54.5 Å². The molecule has 8 heteroatoms. The number of Topliss-reactive ketones (excluding diaryl/α,β-unsaturated/α-hetero) is 1. The third-order valence-electron chi connectivity index (χ3n) is 8.46. The van der Waals surface area contributed by atoms with E-state index in [2.05, 4.69) is 50.3 Å². The standard InChI is InChI=1S/C29H33N5O3/c1-33-28-24(16-32-33)29(31-17-30-28)34-12-10-18(11-13-34)23-15-22(20-6-4-5-7-21(20)27(23)35)19-8-9-25(36-2)26(14-19)37-3/h4-5,8-9,14-18,20-21,23H,6-7,10-13H2,1-3H3. The van der Waals surface area contributed by atoms with Crippen LogP contribution in [0.5, 0.6) is 11.5 Å². The van der Waals surface area contributed by atoms with E-state index in [9.17, 15) is 4.79 Å². The second-order valence-corrected chi connectivity index (χ2v) is 10.3. The molecule has 1 aromatic carbocycles. The molecule has 6 rings (SSSR count). The number of aryl methyl sites for hydroxylation is 1. The molecule has 192 valence electrons. The summed E-state index contributed by atoms with van der Waals surface area (Å²) in [5.41, 5.74) is 3.24. The summed E-state index contributed by atoms with van der Waals surface area (Å²) in [5, 5.41) is 5.34. The molecule has 3 aromatic rings. The number of nitrogens with zero attached hydrogens (tertiary/aromatic N) is 5. The minimum atomic E-state index is -0.0678. The zero-order chi connectivity index (χ0) is 25.5. The first-order valence-corrected chi connectivity index (χ1v) is 13.1. The Labute approximate surface area is 217 Å². The maximum atomic E-state index is 13.8. The second-order valence-electron chi connectivity index (χ2n) is 10.3. The molecule has 3 atom stereocenters. The average molecular weight is 500 g/mol. The van der Waals surface area contributed by atoms with E-state index in [4.69, 9.17) is 9.47 Å². The highest BCUT2D eigenvalue weighted by Gasteiger charge is 2.43. The molecule has 2 aliphatic carbocycles. The molecule has 3 unspecified atom stereocenters. The molecule has 0 spiro atoms. The molecule has 1 aliphatic heterocycles. The molecule has 1 fully saturated rings. The summed E-state index contributed by atoms with van der Waals surface area (Å²) < 4.78 is 12.8. The van der Waals surface area contributed by atoms with Crippen molar-refractivity contribution < 1.29 is 14.3 Å². The molecule has 1 saturated heterocycles. The number of methoxy groups -OCH3 is 2. The molecule has 0 bridgehead atoms. The maximum Gasteiger partial charge on any atom is 0.163 e. The van der Waals surface area contributed by atoms with E-state index in [1.54, 1.807) is 25.2 Å². The van der Waals surface area contributed by atoms with Gasteiger partial charge in [0.15, 0.2) is 17.1 Å². The number of anilines is 1. The number of carbonyl (C=O) groups is 1. The van der Waals surface area contributed by atoms with Crippen LogP contribution in [0.1, 0.15) is 31.2 Å². The van der Waals surface area contributed by atoms with Gasteiger partial charge in [-0.3, -0.25) is 9.48 Å². The van der Waals surface area contributed by atoms with Gasteiger partial charge in [0, 0.05) is 32.0 Å². The molecule has 8 nitrogen and oxygen atoms in total. The van der Waals surface area contributed by atoms with Gasteiger partial charge < -0.3 is 14.4 Å². The third kappa shape index (κ3) is 4.08. The van der Waals surface area contributed by atoms with Crippen LogP contribution < -0.4 is 14.4 Å². The molecule has 0 amide bonds. The minimum absolute atomic E-state index is 0.0398. The third-order valence-corrected chi connectivity index (χ3v) is 8.46. The molecule has 0 N–H and O–H groups in total. The van der Waals surface area contributed by atoms with Gasteiger partial charge in [-0.05, 0) is 60.8 Å². The van der Waals surface area contributed by atoms with Crippen LogP contribution in [0, 0.1) is 23.7 Å². The number of ketones is 1. The Hall–Kier alpha value is -3.68. The molecule has 2 aromatic heterocycles. The van der Waals surface area contributed by atoms with Crippen molar-refractivity contribution in [2.24, 2.45) is 30.7 Å². The van der Waals surface area contributed by atoms with Gasteiger partial charge in [0.05, 0.1) is 25.8 Å². The Kier molecular flexibility index (Phi) is 6.18. The minimum Gasteiger partial charge on any atom is -0.493 e. The van der Waals surface area contributed by atoms with Gasteiger partial charge >= 0.3 is 0 Å². The van der Waals surface area contributed by atoms with Crippen molar-refractivity contribution in [1.82, 2.24) is 19.7 Å². The SMILES string of the molecule is COc1ccc(C2=CC(C3CCN(c4ncnc5c4cnn5C)CC3)C(=O)C3CC=CCC23)cc1OC. The fourth-order valence-corrected chi connectivity index (χ4v) is 6.49. The number of allylic oxidation sites excluding steroid dienone is 4. The first kappa shape index (κ1) is 23.7. The number of ether oxygens (including phenoxy) is 2. The van der Waals surface area contributed by atoms with E-state index in [1.807, 2.05) is 19.3 Å². The van der Waals surface area contributed by atoms with E-state index < -0.39 is 0 Å². The van der Waals surface area contributed by atoms with E-state index in [0.717, 1.165) is 72.7 Å². The number of fused-ring (bicyclic) bond motifs is 2. The predicted molar refractivity (Wildman–Crippen MR) is 143 cm³/mol. The Morgan fingerprint density at radius 3 is 2.49 bits per heavy atom. The van der Waals surface area contributed by atoms with Crippen LogP contribution in [-0.4, -0.2) is 52.8 Å². The van der Waals surface area contributed by atoms with Crippen molar-refractivity contribution in [2.45, 2.75) is 25.7 Å². The molecule has 0 saturated carbocycles. The number of rotatable bonds is 5. The number of hydrogen-bond acceptors (Lipinski definition) is 7. The summed E-state index contributed by atoms with van der Waals surface area (Å²) >= 11 is 0. The zero-order valence-electron chi connectivity index (χ0n) is 21.6. The number of piperidine rings is 1. The summed E-state index contributed by atoms with van der Waals surface area (Å²) in [4.78, 5) is 25.1. The summed E-state index contributed by atoms with van der Waals surface area (Å²) in [6.07, 6.45) is 13.8. The normalized spacial score (nSPS) is 24.2. The number of benzene rings is 1. The molecular formula is C29H33N5O3. The highest BCUT2D eigenvalue weighted by atomic mass is 16.5. The lowest BCUT2D eigenvalue weighted by atomic mass is 9.64. The largest absolute Gasteiger partial charge is 0.493 e. The van der Waals surface area contributed by atoms with Crippen LogP contribution in [-0.2, 0) is 11.8 Å². The van der Waals surface area contributed by atoms with Crippen LogP contribution in [0.2, 0.25) is 0 Å². The van der Waals surface area contributed by atoms with Crippen molar-refractivity contribution in [2.75, 3.05) is 32.2 Å². The molecule has 3 heterocycles. The van der Waals surface area contributed by atoms with Crippen LogP contribution in [0.25, 0.3) is 16.6 Å². The second kappa shape index (κ2) is 9.65. The lowest BCUT2D eigenvalue weighted by Gasteiger charge is -2.41. The van der Waals surface area contributed by atoms with Gasteiger partial charge in [-0.25, -0.2) is 9.97 Å². The smallest absolute Gasteiger partial charge is 0.163 e. The summed E-state index contributed by atoms with van der Waals surface area (Å²) in [6.45, 7) is 1.73. The topological polar surface area (TPSA) is 82.4 Å². The van der Waals surface area contributed by atoms with Crippen molar-refractivity contribution >= 4 is 28.2 Å². The highest BCUT2D eigenvalue weighted by Crippen LogP contribution is 2.47. The monoisotopic (exact) mass is 499 g/mol.